The fraction of sp³-hybridized carbons (Fsp3) is 0.167. The van der Waals surface area contributed by atoms with Gasteiger partial charge in [-0.1, -0.05) is 18.2 Å². The number of rotatable bonds is 6. The van der Waals surface area contributed by atoms with Gasteiger partial charge in [0, 0.05) is 17.1 Å². The van der Waals surface area contributed by atoms with E-state index in [9.17, 15) is 4.79 Å². The highest BCUT2D eigenvalue weighted by Gasteiger charge is 2.12. The van der Waals surface area contributed by atoms with Gasteiger partial charge in [0.1, 0.15) is 24.7 Å². The lowest BCUT2D eigenvalue weighted by molar-refractivity contribution is 0.0453. The summed E-state index contributed by atoms with van der Waals surface area (Å²) in [4.78, 5) is 15.2. The predicted octanol–water partition coefficient (Wildman–Crippen LogP) is 3.41. The SMILES string of the molecule is COc1ccc(OCCOC(=O)c2c[nH]c3ccccc23)cc1. The second kappa shape index (κ2) is 6.87. The van der Waals surface area contributed by atoms with E-state index in [1.807, 2.05) is 36.4 Å². The summed E-state index contributed by atoms with van der Waals surface area (Å²) in [5, 5.41) is 0.855. The van der Waals surface area contributed by atoms with E-state index in [0.717, 1.165) is 16.7 Å². The van der Waals surface area contributed by atoms with E-state index in [4.69, 9.17) is 14.2 Å². The van der Waals surface area contributed by atoms with Gasteiger partial charge in [0.25, 0.3) is 0 Å². The number of aromatic amines is 1. The van der Waals surface area contributed by atoms with Crippen molar-refractivity contribution >= 4 is 16.9 Å². The number of nitrogens with one attached hydrogen (secondary N) is 1. The summed E-state index contributed by atoms with van der Waals surface area (Å²) < 4.78 is 15.8. The minimum atomic E-state index is -0.360. The number of para-hydroxylation sites is 1. The van der Waals surface area contributed by atoms with Crippen LogP contribution in [-0.4, -0.2) is 31.3 Å². The first-order valence-corrected chi connectivity index (χ1v) is 7.28. The summed E-state index contributed by atoms with van der Waals surface area (Å²) in [7, 11) is 1.61. The van der Waals surface area contributed by atoms with Gasteiger partial charge in [-0.3, -0.25) is 0 Å². The number of aromatic nitrogens is 1. The second-order valence-electron chi connectivity index (χ2n) is 4.91. The van der Waals surface area contributed by atoms with Crippen molar-refractivity contribution in [2.24, 2.45) is 0 Å². The third-order valence-electron chi connectivity index (χ3n) is 3.45. The van der Waals surface area contributed by atoms with Gasteiger partial charge < -0.3 is 19.2 Å². The molecule has 0 aliphatic rings. The summed E-state index contributed by atoms with van der Waals surface area (Å²) in [6.45, 7) is 0.477. The van der Waals surface area contributed by atoms with Gasteiger partial charge in [-0.15, -0.1) is 0 Å². The zero-order chi connectivity index (χ0) is 16.1. The summed E-state index contributed by atoms with van der Waals surface area (Å²) >= 11 is 0. The number of hydrogen-bond acceptors (Lipinski definition) is 4. The first-order chi connectivity index (χ1) is 11.3. The molecule has 118 valence electrons. The van der Waals surface area contributed by atoms with E-state index in [-0.39, 0.29) is 12.6 Å². The Bertz CT molecular complexity index is 792. The molecule has 0 aliphatic heterocycles. The molecular formula is C18H17NO4. The molecule has 1 N–H and O–H groups in total. The zero-order valence-corrected chi connectivity index (χ0v) is 12.7. The van der Waals surface area contributed by atoms with Crippen molar-refractivity contribution in [1.29, 1.82) is 0 Å². The molecule has 1 aromatic heterocycles. The Hall–Kier alpha value is -2.95. The molecule has 2 aromatic carbocycles. The molecule has 0 radical (unpaired) electrons. The monoisotopic (exact) mass is 311 g/mol. The number of carbonyl (C=O) groups is 1. The van der Waals surface area contributed by atoms with Crippen LogP contribution in [0.4, 0.5) is 0 Å². The fourth-order valence-electron chi connectivity index (χ4n) is 2.28. The van der Waals surface area contributed by atoms with Crippen molar-refractivity contribution in [2.45, 2.75) is 0 Å². The van der Waals surface area contributed by atoms with Crippen LogP contribution in [0.1, 0.15) is 10.4 Å². The topological polar surface area (TPSA) is 60.6 Å². The molecule has 3 aromatic rings. The third-order valence-corrected chi connectivity index (χ3v) is 3.45. The lowest BCUT2D eigenvalue weighted by Crippen LogP contribution is -2.12. The number of methoxy groups -OCH3 is 1. The number of H-pyrrole nitrogens is 1. The Morgan fingerprint density at radius 2 is 1.74 bits per heavy atom. The quantitative estimate of drug-likeness (QED) is 0.560. The van der Waals surface area contributed by atoms with Crippen molar-refractivity contribution in [3.05, 3.63) is 60.3 Å². The van der Waals surface area contributed by atoms with Crippen LogP contribution in [0.15, 0.2) is 54.7 Å². The maximum atomic E-state index is 12.1. The standard InChI is InChI=1S/C18H17NO4/c1-21-13-6-8-14(9-7-13)22-10-11-23-18(20)16-12-19-17-5-3-2-4-15(16)17/h2-9,12,19H,10-11H2,1H3. The molecule has 0 amide bonds. The van der Waals surface area contributed by atoms with E-state index in [1.165, 1.54) is 0 Å². The largest absolute Gasteiger partial charge is 0.497 e. The number of esters is 1. The first-order valence-electron chi connectivity index (χ1n) is 7.28. The Kier molecular flexibility index (Phi) is 4.47. The highest BCUT2D eigenvalue weighted by Crippen LogP contribution is 2.19. The molecule has 5 heteroatoms. The van der Waals surface area contributed by atoms with E-state index in [1.54, 1.807) is 25.4 Å². The van der Waals surface area contributed by atoms with E-state index in [2.05, 4.69) is 4.98 Å². The number of carbonyl (C=O) groups excluding carboxylic acids is 1. The number of benzene rings is 2. The fourth-order valence-corrected chi connectivity index (χ4v) is 2.28. The summed E-state index contributed by atoms with van der Waals surface area (Å²) in [5.41, 5.74) is 1.44. The highest BCUT2D eigenvalue weighted by atomic mass is 16.6. The average molecular weight is 311 g/mol. The molecule has 5 nitrogen and oxygen atoms in total. The molecule has 0 unspecified atom stereocenters. The molecule has 0 bridgehead atoms. The van der Waals surface area contributed by atoms with Crippen LogP contribution in [0.25, 0.3) is 10.9 Å². The van der Waals surface area contributed by atoms with Crippen LogP contribution < -0.4 is 9.47 Å². The van der Waals surface area contributed by atoms with Crippen LogP contribution in [-0.2, 0) is 4.74 Å². The van der Waals surface area contributed by atoms with E-state index >= 15 is 0 Å². The molecule has 23 heavy (non-hydrogen) atoms. The average Bonchev–Trinajstić information content (AvgIpc) is 3.03. The number of ether oxygens (including phenoxy) is 3. The van der Waals surface area contributed by atoms with Crippen LogP contribution in [0.5, 0.6) is 11.5 Å². The Morgan fingerprint density at radius 3 is 2.52 bits per heavy atom. The Balaban J connectivity index is 1.51. The number of hydrogen-bond donors (Lipinski definition) is 1. The lowest BCUT2D eigenvalue weighted by atomic mass is 10.2. The van der Waals surface area contributed by atoms with Gasteiger partial charge in [-0.25, -0.2) is 4.79 Å². The van der Waals surface area contributed by atoms with Crippen molar-refractivity contribution < 1.29 is 19.0 Å². The minimum Gasteiger partial charge on any atom is -0.497 e. The van der Waals surface area contributed by atoms with Gasteiger partial charge in [0.05, 0.1) is 12.7 Å². The molecule has 1 heterocycles. The molecular weight excluding hydrogens is 294 g/mol. The highest BCUT2D eigenvalue weighted by molar-refractivity contribution is 6.03. The van der Waals surface area contributed by atoms with Crippen LogP contribution >= 0.6 is 0 Å². The van der Waals surface area contributed by atoms with Gasteiger partial charge >= 0.3 is 5.97 Å². The predicted molar refractivity (Wildman–Crippen MR) is 87.1 cm³/mol. The van der Waals surface area contributed by atoms with Crippen LogP contribution in [0, 0.1) is 0 Å². The molecule has 0 atom stereocenters. The van der Waals surface area contributed by atoms with Crippen molar-refractivity contribution in [3.63, 3.8) is 0 Å². The zero-order valence-electron chi connectivity index (χ0n) is 12.7. The van der Waals surface area contributed by atoms with Crippen molar-refractivity contribution in [2.75, 3.05) is 20.3 Å². The Labute approximate surface area is 133 Å². The van der Waals surface area contributed by atoms with E-state index < -0.39 is 0 Å². The van der Waals surface area contributed by atoms with Gasteiger partial charge in [-0.2, -0.15) is 0 Å². The summed E-state index contributed by atoms with van der Waals surface area (Å²) in [5.74, 6) is 1.11. The lowest BCUT2D eigenvalue weighted by Gasteiger charge is -2.07. The first kappa shape index (κ1) is 15.0. The molecule has 3 rings (SSSR count). The van der Waals surface area contributed by atoms with Gasteiger partial charge in [-0.05, 0) is 30.3 Å². The van der Waals surface area contributed by atoms with Crippen LogP contribution in [0.3, 0.4) is 0 Å². The van der Waals surface area contributed by atoms with Gasteiger partial charge in [0.15, 0.2) is 0 Å². The molecule has 0 fully saturated rings. The van der Waals surface area contributed by atoms with E-state index in [0.29, 0.717) is 17.9 Å². The van der Waals surface area contributed by atoms with Crippen LogP contribution in [0.2, 0.25) is 0 Å². The molecule has 0 saturated heterocycles. The summed E-state index contributed by atoms with van der Waals surface area (Å²) in [6.07, 6.45) is 1.66. The molecule has 0 saturated carbocycles. The second-order valence-corrected chi connectivity index (χ2v) is 4.91. The molecule has 0 spiro atoms. The Morgan fingerprint density at radius 1 is 1.00 bits per heavy atom. The molecule has 0 aliphatic carbocycles. The van der Waals surface area contributed by atoms with Crippen molar-refractivity contribution in [1.82, 2.24) is 4.98 Å². The third kappa shape index (κ3) is 3.45. The summed E-state index contributed by atoms with van der Waals surface area (Å²) in [6, 6.07) is 14.8. The maximum absolute atomic E-state index is 12.1. The number of fused-ring (bicyclic) bond motifs is 1. The van der Waals surface area contributed by atoms with Crippen molar-refractivity contribution in [3.8, 4) is 11.5 Å². The minimum absolute atomic E-state index is 0.185. The van der Waals surface area contributed by atoms with Gasteiger partial charge in [0.2, 0.25) is 0 Å². The maximum Gasteiger partial charge on any atom is 0.340 e. The smallest absolute Gasteiger partial charge is 0.340 e. The normalized spacial score (nSPS) is 10.5.